The largest absolute Gasteiger partial charge is 0.633 e. The number of amides is 1. The molecule has 0 radical (unpaired) electrons. The Balaban J connectivity index is 1.72. The standard InChI is InChI=1S/C15H22N2O2/c18-14-7-1-6-13-12-5-3-9-17(19)8-2-4-11(15(12)17)10-16(13)14/h1,7,11-13,15H,2-6,8-10H2/t11-,12+,13+,15-,17+/m1/s1. The third-order valence-electron chi connectivity index (χ3n) is 5.90. The van der Waals surface area contributed by atoms with Crippen LogP contribution < -0.4 is 0 Å². The number of hydroxylamine groups is 3. The molecule has 4 rings (SSSR count). The van der Waals surface area contributed by atoms with Gasteiger partial charge in [-0.3, -0.25) is 4.79 Å². The van der Waals surface area contributed by atoms with Crippen molar-refractivity contribution >= 4 is 5.91 Å². The first-order valence-corrected chi connectivity index (χ1v) is 7.74. The van der Waals surface area contributed by atoms with Gasteiger partial charge in [-0.25, -0.2) is 0 Å². The van der Waals surface area contributed by atoms with Gasteiger partial charge in [0.25, 0.3) is 0 Å². The Kier molecular flexibility index (Phi) is 2.55. The van der Waals surface area contributed by atoms with Crippen LogP contribution in [0.25, 0.3) is 0 Å². The van der Waals surface area contributed by atoms with E-state index < -0.39 is 0 Å². The first-order chi connectivity index (χ1) is 9.19. The molecule has 4 aliphatic heterocycles. The van der Waals surface area contributed by atoms with Crippen LogP contribution in [-0.4, -0.2) is 47.2 Å². The van der Waals surface area contributed by atoms with Gasteiger partial charge in [0.05, 0.1) is 19.1 Å². The molecule has 0 aromatic heterocycles. The van der Waals surface area contributed by atoms with Crippen LogP contribution >= 0.6 is 0 Å². The number of carbonyl (C=O) groups is 1. The van der Waals surface area contributed by atoms with Crippen LogP contribution in [0.15, 0.2) is 12.2 Å². The number of carbonyl (C=O) groups excluding carboxylic acids is 1. The Morgan fingerprint density at radius 1 is 1.26 bits per heavy atom. The third-order valence-corrected chi connectivity index (χ3v) is 5.90. The van der Waals surface area contributed by atoms with E-state index in [1.165, 1.54) is 0 Å². The van der Waals surface area contributed by atoms with Gasteiger partial charge in [-0.1, -0.05) is 6.08 Å². The quantitative estimate of drug-likeness (QED) is 0.492. The van der Waals surface area contributed by atoms with Crippen molar-refractivity contribution in [1.82, 2.24) is 4.90 Å². The Hall–Kier alpha value is -0.870. The lowest BCUT2D eigenvalue weighted by Gasteiger charge is -2.64. The summed E-state index contributed by atoms with van der Waals surface area (Å²) in [7, 11) is 0. The highest BCUT2D eigenvalue weighted by Gasteiger charge is 2.54. The van der Waals surface area contributed by atoms with Gasteiger partial charge in [0.1, 0.15) is 0 Å². The lowest BCUT2D eigenvalue weighted by molar-refractivity contribution is -0.925. The van der Waals surface area contributed by atoms with Crippen LogP contribution in [0.2, 0.25) is 0 Å². The van der Waals surface area contributed by atoms with Crippen LogP contribution in [0.1, 0.15) is 32.1 Å². The summed E-state index contributed by atoms with van der Waals surface area (Å²) in [4.78, 5) is 14.2. The van der Waals surface area contributed by atoms with Gasteiger partial charge in [0, 0.05) is 24.4 Å². The van der Waals surface area contributed by atoms with Gasteiger partial charge in [-0.2, -0.15) is 0 Å². The molecule has 104 valence electrons. The predicted molar refractivity (Wildman–Crippen MR) is 71.9 cm³/mol. The molecule has 4 heteroatoms. The van der Waals surface area contributed by atoms with Gasteiger partial charge in [0.15, 0.2) is 0 Å². The average molecular weight is 262 g/mol. The minimum absolute atomic E-state index is 0.0532. The van der Waals surface area contributed by atoms with Gasteiger partial charge < -0.3 is 14.8 Å². The molecular weight excluding hydrogens is 240 g/mol. The van der Waals surface area contributed by atoms with E-state index in [0.29, 0.717) is 17.9 Å². The van der Waals surface area contributed by atoms with E-state index in [2.05, 4.69) is 4.90 Å². The lowest BCUT2D eigenvalue weighted by Crippen LogP contribution is -2.71. The molecule has 1 amide bonds. The zero-order chi connectivity index (χ0) is 13.0. The van der Waals surface area contributed by atoms with Gasteiger partial charge >= 0.3 is 0 Å². The Morgan fingerprint density at radius 3 is 2.89 bits per heavy atom. The zero-order valence-corrected chi connectivity index (χ0v) is 11.3. The molecule has 3 fully saturated rings. The second-order valence-electron chi connectivity index (χ2n) is 6.79. The zero-order valence-electron chi connectivity index (χ0n) is 11.3. The van der Waals surface area contributed by atoms with E-state index in [4.69, 9.17) is 0 Å². The first kappa shape index (κ1) is 11.9. The number of fused-ring (bicyclic) bond motifs is 2. The number of quaternary nitrogens is 1. The van der Waals surface area contributed by atoms with Gasteiger partial charge in [-0.15, -0.1) is 0 Å². The van der Waals surface area contributed by atoms with E-state index in [0.717, 1.165) is 51.7 Å². The van der Waals surface area contributed by atoms with Crippen molar-refractivity contribution in [1.29, 1.82) is 0 Å². The maximum Gasteiger partial charge on any atom is 0.246 e. The van der Waals surface area contributed by atoms with Crippen LogP contribution in [0.4, 0.5) is 0 Å². The molecule has 0 unspecified atom stereocenters. The SMILES string of the molecule is O=C1C=CC[C@H]2[C@@H]3CCC[N@@+]4([O-])CCC[C@H](CN12)[C@H]34. The summed E-state index contributed by atoms with van der Waals surface area (Å²) in [5.41, 5.74) is 0. The lowest BCUT2D eigenvalue weighted by atomic mass is 9.68. The molecule has 4 nitrogen and oxygen atoms in total. The van der Waals surface area contributed by atoms with Crippen molar-refractivity contribution < 1.29 is 9.44 Å². The molecule has 19 heavy (non-hydrogen) atoms. The molecule has 5 atom stereocenters. The topological polar surface area (TPSA) is 43.4 Å². The van der Waals surface area contributed by atoms with Crippen LogP contribution in [0.3, 0.4) is 0 Å². The molecule has 0 spiro atoms. The molecule has 0 saturated carbocycles. The van der Waals surface area contributed by atoms with E-state index in [1.54, 1.807) is 6.08 Å². The van der Waals surface area contributed by atoms with Crippen LogP contribution in [-0.2, 0) is 4.79 Å². The number of hydrogen-bond acceptors (Lipinski definition) is 2. The summed E-state index contributed by atoms with van der Waals surface area (Å²) in [5.74, 6) is 1.07. The summed E-state index contributed by atoms with van der Waals surface area (Å²) >= 11 is 0. The summed E-state index contributed by atoms with van der Waals surface area (Å²) in [5, 5.41) is 13.1. The highest BCUT2D eigenvalue weighted by Crippen LogP contribution is 2.47. The Morgan fingerprint density at radius 2 is 2.05 bits per heavy atom. The fraction of sp³-hybridized carbons (Fsp3) is 0.800. The van der Waals surface area contributed by atoms with Crippen LogP contribution in [0, 0.1) is 17.0 Å². The minimum atomic E-state index is 0.0532. The van der Waals surface area contributed by atoms with Crippen molar-refractivity contribution in [2.45, 2.75) is 44.2 Å². The number of rotatable bonds is 0. The Bertz CT molecular complexity index is 432. The van der Waals surface area contributed by atoms with Crippen molar-refractivity contribution in [2.24, 2.45) is 11.8 Å². The highest BCUT2D eigenvalue weighted by atomic mass is 16.5. The molecule has 0 aliphatic carbocycles. The van der Waals surface area contributed by atoms with Crippen molar-refractivity contribution in [2.75, 3.05) is 19.6 Å². The molecular formula is C15H22N2O2. The fourth-order valence-electron chi connectivity index (χ4n) is 5.25. The van der Waals surface area contributed by atoms with E-state index in [1.807, 2.05) is 6.08 Å². The van der Waals surface area contributed by atoms with Crippen LogP contribution in [0.5, 0.6) is 0 Å². The van der Waals surface area contributed by atoms with Crippen molar-refractivity contribution in [3.8, 4) is 0 Å². The Labute approximate surface area is 114 Å². The average Bonchev–Trinajstić information content (AvgIpc) is 2.40. The van der Waals surface area contributed by atoms with Gasteiger partial charge in [0.2, 0.25) is 5.91 Å². The molecule has 4 aliphatic rings. The van der Waals surface area contributed by atoms with Crippen molar-refractivity contribution in [3.05, 3.63) is 17.4 Å². The van der Waals surface area contributed by atoms with Gasteiger partial charge in [-0.05, 0) is 38.2 Å². The molecule has 4 heterocycles. The maximum absolute atomic E-state index is 13.1. The number of nitrogens with zero attached hydrogens (tertiary/aromatic N) is 2. The predicted octanol–water partition coefficient (Wildman–Crippen LogP) is 1.66. The second kappa shape index (κ2) is 4.06. The molecule has 3 saturated heterocycles. The third kappa shape index (κ3) is 1.62. The summed E-state index contributed by atoms with van der Waals surface area (Å²) in [6.07, 6.45) is 9.07. The van der Waals surface area contributed by atoms with E-state index in [9.17, 15) is 10.0 Å². The fourth-order valence-corrected chi connectivity index (χ4v) is 5.25. The second-order valence-corrected chi connectivity index (χ2v) is 6.79. The van der Waals surface area contributed by atoms with E-state index in [-0.39, 0.29) is 16.6 Å². The number of piperidine rings is 3. The number of hydrogen-bond donors (Lipinski definition) is 0. The van der Waals surface area contributed by atoms with Crippen molar-refractivity contribution in [3.63, 3.8) is 0 Å². The normalized spacial score (nSPS) is 48.7. The molecule has 0 aromatic rings. The first-order valence-electron chi connectivity index (χ1n) is 7.74. The smallest absolute Gasteiger partial charge is 0.246 e. The minimum Gasteiger partial charge on any atom is -0.633 e. The maximum atomic E-state index is 13.1. The summed E-state index contributed by atoms with van der Waals surface area (Å²) < 4.78 is 0.0532. The summed E-state index contributed by atoms with van der Waals surface area (Å²) in [6, 6.07) is 0.589. The summed E-state index contributed by atoms with van der Waals surface area (Å²) in [6.45, 7) is 2.46. The monoisotopic (exact) mass is 262 g/mol. The molecule has 0 bridgehead atoms. The molecule has 0 N–H and O–H groups in total. The van der Waals surface area contributed by atoms with E-state index >= 15 is 0 Å². The highest BCUT2D eigenvalue weighted by molar-refractivity contribution is 5.88. The molecule has 0 aromatic carbocycles.